The summed E-state index contributed by atoms with van der Waals surface area (Å²) in [6.07, 6.45) is 13.4. The van der Waals surface area contributed by atoms with Gasteiger partial charge in [0, 0.05) is 0 Å². The fraction of sp³-hybridized carbons (Fsp3) is 0.583. The second kappa shape index (κ2) is 10.3. The molecule has 0 N–H and O–H groups in total. The van der Waals surface area contributed by atoms with E-state index in [0.29, 0.717) is 0 Å². The standard InChI is InChI=1S/C12H20/c1-3-5-7-9-11-12-10-8-6-4-2/h3,9,12H,1,4-8,10H2,2H3. The van der Waals surface area contributed by atoms with Gasteiger partial charge in [-0.05, 0) is 37.8 Å². The van der Waals surface area contributed by atoms with Gasteiger partial charge in [-0.15, -0.1) is 12.3 Å². The summed E-state index contributed by atoms with van der Waals surface area (Å²) in [6.45, 7) is 5.89. The molecule has 68 valence electrons. The van der Waals surface area contributed by atoms with Crippen LogP contribution in [-0.2, 0) is 0 Å². The molecule has 0 aromatic carbocycles. The Balaban J connectivity index is 3.21. The molecular formula is C12H20. The van der Waals surface area contributed by atoms with Crippen LogP contribution in [0.5, 0.6) is 0 Å². The number of allylic oxidation sites excluding steroid dienone is 2. The average molecular weight is 164 g/mol. The highest BCUT2D eigenvalue weighted by atomic mass is 13.8. The third kappa shape index (κ3) is 9.26. The van der Waals surface area contributed by atoms with Crippen LogP contribution in [-0.4, -0.2) is 0 Å². The summed E-state index contributed by atoms with van der Waals surface area (Å²) in [5, 5.41) is 0. The summed E-state index contributed by atoms with van der Waals surface area (Å²) in [5.74, 6) is 0. The van der Waals surface area contributed by atoms with Gasteiger partial charge in [-0.1, -0.05) is 25.8 Å². The highest BCUT2D eigenvalue weighted by Gasteiger charge is 1.79. The van der Waals surface area contributed by atoms with Crippen LogP contribution in [0.3, 0.4) is 0 Å². The predicted molar refractivity (Wildman–Crippen MR) is 56.2 cm³/mol. The molecule has 0 aliphatic carbocycles. The van der Waals surface area contributed by atoms with Crippen molar-refractivity contribution in [2.24, 2.45) is 0 Å². The van der Waals surface area contributed by atoms with E-state index in [1.54, 1.807) is 0 Å². The monoisotopic (exact) mass is 164 g/mol. The van der Waals surface area contributed by atoms with E-state index in [1.165, 1.54) is 25.7 Å². The van der Waals surface area contributed by atoms with Gasteiger partial charge in [0.25, 0.3) is 0 Å². The lowest BCUT2D eigenvalue weighted by Gasteiger charge is -1.88. The lowest BCUT2D eigenvalue weighted by atomic mass is 10.2. The Bertz CT molecular complexity index is 147. The lowest BCUT2D eigenvalue weighted by molar-refractivity contribution is 0.729. The van der Waals surface area contributed by atoms with Crippen molar-refractivity contribution in [2.75, 3.05) is 0 Å². The quantitative estimate of drug-likeness (QED) is 0.300. The zero-order valence-corrected chi connectivity index (χ0v) is 8.18. The van der Waals surface area contributed by atoms with Crippen molar-refractivity contribution >= 4 is 0 Å². The first kappa shape index (κ1) is 11.3. The summed E-state index contributed by atoms with van der Waals surface area (Å²) >= 11 is 0. The Morgan fingerprint density at radius 2 is 1.83 bits per heavy atom. The molecule has 0 rings (SSSR count). The van der Waals surface area contributed by atoms with Gasteiger partial charge >= 0.3 is 0 Å². The molecule has 0 unspecified atom stereocenters. The van der Waals surface area contributed by atoms with Gasteiger partial charge in [0.2, 0.25) is 0 Å². The maximum Gasteiger partial charge on any atom is -0.0240 e. The first-order chi connectivity index (χ1) is 5.91. The van der Waals surface area contributed by atoms with Gasteiger partial charge < -0.3 is 0 Å². The van der Waals surface area contributed by atoms with E-state index in [0.717, 1.165) is 12.8 Å². The fourth-order valence-corrected chi connectivity index (χ4v) is 0.948. The SMILES string of the molecule is C=CCCC=C=CCCCCC. The van der Waals surface area contributed by atoms with Crippen LogP contribution >= 0.6 is 0 Å². The van der Waals surface area contributed by atoms with Crippen molar-refractivity contribution in [2.45, 2.75) is 45.4 Å². The van der Waals surface area contributed by atoms with Crippen LogP contribution in [0.15, 0.2) is 30.5 Å². The Morgan fingerprint density at radius 1 is 1.08 bits per heavy atom. The van der Waals surface area contributed by atoms with Gasteiger partial charge in [0.05, 0.1) is 0 Å². The zero-order valence-electron chi connectivity index (χ0n) is 8.18. The van der Waals surface area contributed by atoms with Gasteiger partial charge in [-0.2, -0.15) is 0 Å². The normalized spacial score (nSPS) is 8.75. The zero-order chi connectivity index (χ0) is 9.07. The molecule has 0 heteroatoms. The molecule has 0 saturated heterocycles. The molecule has 0 heterocycles. The largest absolute Gasteiger partial charge is 0.130 e. The molecule has 0 fully saturated rings. The van der Waals surface area contributed by atoms with Crippen LogP contribution in [0, 0.1) is 0 Å². The minimum Gasteiger partial charge on any atom is -0.130 e. The van der Waals surface area contributed by atoms with E-state index in [2.05, 4.69) is 31.4 Å². The fourth-order valence-electron chi connectivity index (χ4n) is 0.948. The van der Waals surface area contributed by atoms with E-state index >= 15 is 0 Å². The highest BCUT2D eigenvalue weighted by molar-refractivity contribution is 4.86. The molecule has 0 nitrogen and oxygen atoms in total. The van der Waals surface area contributed by atoms with Crippen molar-refractivity contribution in [3.8, 4) is 0 Å². The van der Waals surface area contributed by atoms with Crippen LogP contribution in [0.1, 0.15) is 45.4 Å². The Labute approximate surface area is 76.7 Å². The summed E-state index contributed by atoms with van der Waals surface area (Å²) in [4.78, 5) is 0. The van der Waals surface area contributed by atoms with E-state index in [-0.39, 0.29) is 0 Å². The van der Waals surface area contributed by atoms with E-state index < -0.39 is 0 Å². The summed E-state index contributed by atoms with van der Waals surface area (Å²) in [7, 11) is 0. The topological polar surface area (TPSA) is 0 Å². The maximum atomic E-state index is 3.66. The molecule has 0 bridgehead atoms. The van der Waals surface area contributed by atoms with Gasteiger partial charge in [-0.3, -0.25) is 0 Å². The van der Waals surface area contributed by atoms with E-state index in [4.69, 9.17) is 0 Å². The van der Waals surface area contributed by atoms with E-state index in [9.17, 15) is 0 Å². The van der Waals surface area contributed by atoms with Crippen LogP contribution < -0.4 is 0 Å². The number of hydrogen-bond donors (Lipinski definition) is 0. The van der Waals surface area contributed by atoms with Crippen molar-refractivity contribution in [1.82, 2.24) is 0 Å². The molecule has 0 amide bonds. The van der Waals surface area contributed by atoms with Gasteiger partial charge in [0.15, 0.2) is 0 Å². The van der Waals surface area contributed by atoms with Gasteiger partial charge in [-0.25, -0.2) is 0 Å². The van der Waals surface area contributed by atoms with Crippen molar-refractivity contribution < 1.29 is 0 Å². The number of rotatable bonds is 7. The third-order valence-corrected chi connectivity index (χ3v) is 1.70. The molecule has 0 aliphatic heterocycles. The Hall–Kier alpha value is -0.740. The molecular weight excluding hydrogens is 144 g/mol. The molecule has 12 heavy (non-hydrogen) atoms. The molecule has 0 aromatic rings. The highest BCUT2D eigenvalue weighted by Crippen LogP contribution is 1.98. The van der Waals surface area contributed by atoms with E-state index in [1.807, 2.05) is 6.08 Å². The molecule has 0 saturated carbocycles. The number of hydrogen-bond acceptors (Lipinski definition) is 0. The van der Waals surface area contributed by atoms with Crippen molar-refractivity contribution in [1.29, 1.82) is 0 Å². The Morgan fingerprint density at radius 3 is 2.50 bits per heavy atom. The van der Waals surface area contributed by atoms with Gasteiger partial charge in [0.1, 0.15) is 0 Å². The molecule has 0 aromatic heterocycles. The third-order valence-electron chi connectivity index (χ3n) is 1.70. The number of unbranched alkanes of at least 4 members (excludes halogenated alkanes) is 4. The summed E-state index contributed by atoms with van der Waals surface area (Å²) in [5.41, 5.74) is 3.18. The van der Waals surface area contributed by atoms with Crippen LogP contribution in [0.4, 0.5) is 0 Å². The second-order valence-corrected chi connectivity index (χ2v) is 2.94. The lowest BCUT2D eigenvalue weighted by Crippen LogP contribution is -1.69. The Kier molecular flexibility index (Phi) is 9.63. The second-order valence-electron chi connectivity index (χ2n) is 2.94. The van der Waals surface area contributed by atoms with Crippen molar-refractivity contribution in [3.63, 3.8) is 0 Å². The summed E-state index contributed by atoms with van der Waals surface area (Å²) in [6, 6.07) is 0. The first-order valence-electron chi connectivity index (χ1n) is 4.92. The molecule has 0 aliphatic rings. The van der Waals surface area contributed by atoms with Crippen LogP contribution in [0.2, 0.25) is 0 Å². The minimum absolute atomic E-state index is 1.07. The molecule has 0 spiro atoms. The molecule has 0 radical (unpaired) electrons. The smallest absolute Gasteiger partial charge is 0.0240 e. The minimum atomic E-state index is 1.07. The average Bonchev–Trinajstić information content (AvgIpc) is 2.10. The summed E-state index contributed by atoms with van der Waals surface area (Å²) < 4.78 is 0. The van der Waals surface area contributed by atoms with Crippen molar-refractivity contribution in [3.05, 3.63) is 30.5 Å². The maximum absolute atomic E-state index is 3.66. The first-order valence-corrected chi connectivity index (χ1v) is 4.92. The van der Waals surface area contributed by atoms with Crippen LogP contribution in [0.25, 0.3) is 0 Å². The molecule has 0 atom stereocenters. The predicted octanol–water partition coefficient (Wildman–Crippen LogP) is 4.24.